The van der Waals surface area contributed by atoms with Crippen LogP contribution in [-0.2, 0) is 16.1 Å². The molecule has 2 aliphatic rings. The maximum Gasteiger partial charge on any atom is 0.264 e. The van der Waals surface area contributed by atoms with Gasteiger partial charge in [0, 0.05) is 52.4 Å². The molecular weight excluding hydrogens is 448 g/mol. The minimum absolute atomic E-state index is 0.0358. The molecule has 0 aliphatic carbocycles. The van der Waals surface area contributed by atoms with E-state index < -0.39 is 6.04 Å². The second-order valence-corrected chi connectivity index (χ2v) is 10.1. The van der Waals surface area contributed by atoms with Gasteiger partial charge in [0.25, 0.3) is 5.91 Å². The Morgan fingerprint density at radius 1 is 1.18 bits per heavy atom. The highest BCUT2D eigenvalue weighted by Gasteiger charge is 2.43. The van der Waals surface area contributed by atoms with E-state index >= 15 is 0 Å². The molecule has 2 atom stereocenters. The molecule has 2 aromatic rings. The Labute approximate surface area is 206 Å². The van der Waals surface area contributed by atoms with Crippen LogP contribution in [0.15, 0.2) is 41.8 Å². The number of nitrogens with zero attached hydrogens (tertiary/aromatic N) is 3. The van der Waals surface area contributed by atoms with Crippen molar-refractivity contribution in [3.63, 3.8) is 0 Å². The number of ether oxygens (including phenoxy) is 1. The topological polar surface area (TPSA) is 65.1 Å². The first-order valence-electron chi connectivity index (χ1n) is 12.2. The first-order chi connectivity index (χ1) is 16.6. The van der Waals surface area contributed by atoms with Crippen LogP contribution in [0.4, 0.5) is 0 Å². The number of hydrogen-bond acceptors (Lipinski definition) is 6. The van der Waals surface area contributed by atoms with Gasteiger partial charge in [-0.25, -0.2) is 0 Å². The van der Waals surface area contributed by atoms with Crippen molar-refractivity contribution in [1.29, 1.82) is 0 Å². The van der Waals surface area contributed by atoms with Gasteiger partial charge in [-0.1, -0.05) is 30.3 Å². The van der Waals surface area contributed by atoms with Crippen molar-refractivity contribution in [1.82, 2.24) is 20.0 Å². The van der Waals surface area contributed by atoms with Gasteiger partial charge in [-0.05, 0) is 48.9 Å². The highest BCUT2D eigenvalue weighted by atomic mass is 32.1. The van der Waals surface area contributed by atoms with Gasteiger partial charge in [0.15, 0.2) is 0 Å². The van der Waals surface area contributed by atoms with Gasteiger partial charge in [-0.2, -0.15) is 0 Å². The number of thiophene rings is 1. The van der Waals surface area contributed by atoms with E-state index in [9.17, 15) is 9.59 Å². The summed E-state index contributed by atoms with van der Waals surface area (Å²) < 4.78 is 5.41. The lowest BCUT2D eigenvalue weighted by Crippen LogP contribution is -2.48. The Kier molecular flexibility index (Phi) is 8.72. The summed E-state index contributed by atoms with van der Waals surface area (Å²) in [5, 5.41) is 5.28. The van der Waals surface area contributed by atoms with E-state index in [1.807, 2.05) is 27.3 Å². The third-order valence-electron chi connectivity index (χ3n) is 6.94. The Morgan fingerprint density at radius 3 is 2.79 bits per heavy atom. The van der Waals surface area contributed by atoms with Crippen LogP contribution in [-0.4, -0.2) is 91.6 Å². The number of nitrogens with one attached hydrogen (secondary N) is 1. The molecule has 4 rings (SSSR count). The highest BCUT2D eigenvalue weighted by molar-refractivity contribution is 7.12. The zero-order valence-electron chi connectivity index (χ0n) is 20.2. The monoisotopic (exact) mass is 484 g/mol. The van der Waals surface area contributed by atoms with Crippen LogP contribution in [0.3, 0.4) is 0 Å². The summed E-state index contributed by atoms with van der Waals surface area (Å²) in [5.74, 6) is 0.0464. The van der Waals surface area contributed by atoms with Crippen molar-refractivity contribution in [2.45, 2.75) is 38.4 Å². The molecule has 3 heterocycles. The molecule has 2 unspecified atom stereocenters. The average Bonchev–Trinajstić information content (AvgIpc) is 3.47. The minimum atomic E-state index is -0.431. The van der Waals surface area contributed by atoms with Crippen molar-refractivity contribution in [2.24, 2.45) is 0 Å². The van der Waals surface area contributed by atoms with Crippen molar-refractivity contribution in [3.8, 4) is 0 Å². The zero-order valence-corrected chi connectivity index (χ0v) is 21.1. The number of carbonyl (C=O) groups is 2. The van der Waals surface area contributed by atoms with E-state index in [1.165, 1.54) is 22.5 Å². The van der Waals surface area contributed by atoms with Gasteiger partial charge in [-0.15, -0.1) is 11.3 Å². The third-order valence-corrected chi connectivity index (χ3v) is 7.80. The first kappa shape index (κ1) is 24.9. The summed E-state index contributed by atoms with van der Waals surface area (Å²) in [6, 6.07) is 11.8. The Hall–Kier alpha value is -2.26. The number of carbonyl (C=O) groups excluding carboxylic acids is 2. The molecule has 1 aromatic heterocycles. The molecule has 0 spiro atoms. The molecule has 1 N–H and O–H groups in total. The van der Waals surface area contributed by atoms with Crippen LogP contribution in [0.2, 0.25) is 0 Å². The van der Waals surface area contributed by atoms with Crippen LogP contribution < -0.4 is 5.32 Å². The number of hydrogen-bond donors (Lipinski definition) is 1. The predicted molar refractivity (Wildman–Crippen MR) is 135 cm³/mol. The fourth-order valence-corrected chi connectivity index (χ4v) is 5.64. The van der Waals surface area contributed by atoms with Gasteiger partial charge in [0.05, 0.1) is 11.5 Å². The van der Waals surface area contributed by atoms with Gasteiger partial charge < -0.3 is 19.9 Å². The van der Waals surface area contributed by atoms with Crippen LogP contribution in [0.25, 0.3) is 0 Å². The van der Waals surface area contributed by atoms with Crippen LogP contribution in [0.1, 0.15) is 33.6 Å². The average molecular weight is 485 g/mol. The molecule has 2 amide bonds. The van der Waals surface area contributed by atoms with Crippen molar-refractivity contribution in [2.75, 3.05) is 53.0 Å². The lowest BCUT2D eigenvalue weighted by atomic mass is 10.1. The summed E-state index contributed by atoms with van der Waals surface area (Å²) in [7, 11) is 1.72. The molecule has 2 saturated heterocycles. The maximum atomic E-state index is 13.7. The summed E-state index contributed by atoms with van der Waals surface area (Å²) in [6.45, 7) is 7.98. The molecule has 2 aliphatic heterocycles. The van der Waals surface area contributed by atoms with Gasteiger partial charge in [0.2, 0.25) is 5.91 Å². The van der Waals surface area contributed by atoms with E-state index in [0.717, 1.165) is 39.1 Å². The van der Waals surface area contributed by atoms with E-state index in [4.69, 9.17) is 4.74 Å². The first-order valence-corrected chi connectivity index (χ1v) is 13.1. The molecule has 34 heavy (non-hydrogen) atoms. The minimum Gasteiger partial charge on any atom is -0.383 e. The highest BCUT2D eigenvalue weighted by Crippen LogP contribution is 2.28. The molecule has 2 fully saturated rings. The van der Waals surface area contributed by atoms with E-state index in [2.05, 4.69) is 41.4 Å². The van der Waals surface area contributed by atoms with Gasteiger partial charge in [-0.3, -0.25) is 14.5 Å². The second kappa shape index (κ2) is 11.9. The van der Waals surface area contributed by atoms with E-state index in [-0.39, 0.29) is 17.9 Å². The molecule has 0 bridgehead atoms. The molecule has 0 saturated carbocycles. The lowest BCUT2D eigenvalue weighted by molar-refractivity contribution is -0.135. The summed E-state index contributed by atoms with van der Waals surface area (Å²) in [6.07, 6.45) is 1.59. The van der Waals surface area contributed by atoms with Crippen molar-refractivity contribution >= 4 is 23.2 Å². The number of likely N-dealkylation sites (tertiary alicyclic amines) is 1. The zero-order chi connectivity index (χ0) is 23.9. The maximum absolute atomic E-state index is 13.7. The summed E-state index contributed by atoms with van der Waals surface area (Å²) >= 11 is 1.44. The Balaban J connectivity index is 1.58. The fraction of sp³-hybridized carbons (Fsp3) is 0.538. The Morgan fingerprint density at radius 2 is 2.03 bits per heavy atom. The molecule has 1 aromatic carbocycles. The van der Waals surface area contributed by atoms with E-state index in [1.54, 1.807) is 7.11 Å². The van der Waals surface area contributed by atoms with Gasteiger partial charge >= 0.3 is 0 Å². The largest absolute Gasteiger partial charge is 0.383 e. The summed E-state index contributed by atoms with van der Waals surface area (Å²) in [5.41, 5.74) is 2.52. The normalized spacial score (nSPS) is 21.1. The molecule has 0 radical (unpaired) electrons. The number of methoxy groups -OCH3 is 1. The number of rotatable bonds is 8. The molecule has 8 heteroatoms. The smallest absolute Gasteiger partial charge is 0.264 e. The van der Waals surface area contributed by atoms with Crippen molar-refractivity contribution < 1.29 is 14.3 Å². The second-order valence-electron chi connectivity index (χ2n) is 9.16. The van der Waals surface area contributed by atoms with Gasteiger partial charge in [0.1, 0.15) is 6.04 Å². The van der Waals surface area contributed by atoms with Crippen LogP contribution >= 0.6 is 11.3 Å². The SMILES string of the molecule is COCCN(Cc1ccccc1C)C1CC(C(=O)N2CCCNCC2)N(C(=O)c2cccs2)C1. The van der Waals surface area contributed by atoms with Crippen molar-refractivity contribution in [3.05, 3.63) is 57.8 Å². The standard InChI is InChI=1S/C26H36N4O3S/c1-20-7-3-4-8-21(20)18-29(14-15-33-2)22-17-23(25(31)28-12-6-10-27-11-13-28)30(19-22)26(32)24-9-5-16-34-24/h3-5,7-9,16,22-23,27H,6,10-15,17-19H2,1-2H3. The molecular formula is C26H36N4O3S. The Bertz CT molecular complexity index is 943. The molecule has 7 nitrogen and oxygen atoms in total. The lowest BCUT2D eigenvalue weighted by Gasteiger charge is -2.29. The predicted octanol–water partition coefficient (Wildman–Crippen LogP) is 2.61. The molecule has 184 valence electrons. The van der Waals surface area contributed by atoms with Crippen LogP contribution in [0.5, 0.6) is 0 Å². The number of benzene rings is 1. The third kappa shape index (κ3) is 5.86. The van der Waals surface area contributed by atoms with Crippen LogP contribution in [0, 0.1) is 6.92 Å². The fourth-order valence-electron chi connectivity index (χ4n) is 4.96. The number of aryl methyl sites for hydroxylation is 1. The summed E-state index contributed by atoms with van der Waals surface area (Å²) in [4.78, 5) is 34.0. The quantitative estimate of drug-likeness (QED) is 0.624. The number of amides is 2. The van der Waals surface area contributed by atoms with E-state index in [0.29, 0.717) is 31.0 Å².